The Hall–Kier alpha value is -1.51. The standard InChI is InChI=1S/C17H26FN3O3S/c1-17(2,3)15(19)16(22)21-10-8-13(9-11-21)20-25(23,24)14-6-4-12(18)5-7-14/h4-7,13,15,20H,8-11,19H2,1-3H3. The number of benzene rings is 1. The number of likely N-dealkylation sites (tertiary alicyclic amines) is 1. The van der Waals surface area contributed by atoms with Gasteiger partial charge in [0.15, 0.2) is 0 Å². The van der Waals surface area contributed by atoms with Crippen molar-refractivity contribution >= 4 is 15.9 Å². The molecule has 1 aromatic rings. The molecule has 8 heteroatoms. The van der Waals surface area contributed by atoms with E-state index in [4.69, 9.17) is 5.73 Å². The maximum atomic E-state index is 12.9. The molecule has 1 heterocycles. The summed E-state index contributed by atoms with van der Waals surface area (Å²) in [5.74, 6) is -0.590. The maximum Gasteiger partial charge on any atom is 0.240 e. The Morgan fingerprint density at radius 2 is 1.76 bits per heavy atom. The normalized spacial score (nSPS) is 18.2. The van der Waals surface area contributed by atoms with E-state index in [1.165, 1.54) is 12.1 Å². The fraction of sp³-hybridized carbons (Fsp3) is 0.588. The summed E-state index contributed by atoms with van der Waals surface area (Å²) in [6.45, 7) is 6.66. The molecule has 1 aliphatic heterocycles. The van der Waals surface area contributed by atoms with Gasteiger partial charge in [-0.25, -0.2) is 17.5 Å². The summed E-state index contributed by atoms with van der Waals surface area (Å²) in [7, 11) is -3.70. The van der Waals surface area contributed by atoms with Crippen molar-refractivity contribution in [3.05, 3.63) is 30.1 Å². The van der Waals surface area contributed by atoms with E-state index in [1.54, 1.807) is 4.90 Å². The molecule has 0 spiro atoms. The van der Waals surface area contributed by atoms with Gasteiger partial charge in [0.1, 0.15) is 5.82 Å². The molecule has 140 valence electrons. The lowest BCUT2D eigenvalue weighted by Crippen LogP contribution is -2.54. The first kappa shape index (κ1) is 19.8. The van der Waals surface area contributed by atoms with Crippen LogP contribution >= 0.6 is 0 Å². The van der Waals surface area contributed by atoms with E-state index in [1.807, 2.05) is 20.8 Å². The Kier molecular flexibility index (Phi) is 5.86. The molecule has 25 heavy (non-hydrogen) atoms. The average molecular weight is 371 g/mol. The molecule has 1 saturated heterocycles. The van der Waals surface area contributed by atoms with E-state index in [0.29, 0.717) is 25.9 Å². The second-order valence-electron chi connectivity index (χ2n) is 7.52. The van der Waals surface area contributed by atoms with Crippen LogP contribution in [0, 0.1) is 11.2 Å². The Bertz CT molecular complexity index is 706. The fourth-order valence-electron chi connectivity index (χ4n) is 2.69. The monoisotopic (exact) mass is 371 g/mol. The van der Waals surface area contributed by atoms with Gasteiger partial charge in [-0.1, -0.05) is 20.8 Å². The molecule has 0 radical (unpaired) electrons. The fourth-order valence-corrected chi connectivity index (χ4v) is 3.99. The number of carbonyl (C=O) groups excluding carboxylic acids is 1. The lowest BCUT2D eigenvalue weighted by Gasteiger charge is -2.36. The molecule has 0 aliphatic carbocycles. The predicted octanol–water partition coefficient (Wildman–Crippen LogP) is 1.47. The third kappa shape index (κ3) is 4.99. The van der Waals surface area contributed by atoms with Crippen LogP contribution in [0.25, 0.3) is 0 Å². The zero-order valence-electron chi connectivity index (χ0n) is 14.8. The second-order valence-corrected chi connectivity index (χ2v) is 9.23. The van der Waals surface area contributed by atoms with Crippen molar-refractivity contribution in [2.75, 3.05) is 13.1 Å². The van der Waals surface area contributed by atoms with Crippen molar-refractivity contribution in [3.63, 3.8) is 0 Å². The van der Waals surface area contributed by atoms with Gasteiger partial charge in [-0.2, -0.15) is 0 Å². The summed E-state index contributed by atoms with van der Waals surface area (Å²) >= 11 is 0. The van der Waals surface area contributed by atoms with Gasteiger partial charge in [0.25, 0.3) is 0 Å². The zero-order valence-corrected chi connectivity index (χ0v) is 15.6. The highest BCUT2D eigenvalue weighted by Crippen LogP contribution is 2.21. The molecule has 1 atom stereocenters. The van der Waals surface area contributed by atoms with Gasteiger partial charge in [-0.05, 0) is 42.5 Å². The van der Waals surface area contributed by atoms with Gasteiger partial charge in [-0.15, -0.1) is 0 Å². The molecule has 1 aromatic carbocycles. The smallest absolute Gasteiger partial charge is 0.240 e. The molecule has 1 unspecified atom stereocenters. The summed E-state index contributed by atoms with van der Waals surface area (Å²) < 4.78 is 40.2. The lowest BCUT2D eigenvalue weighted by atomic mass is 9.86. The lowest BCUT2D eigenvalue weighted by molar-refractivity contribution is -0.136. The minimum atomic E-state index is -3.70. The van der Waals surface area contributed by atoms with Crippen LogP contribution in [-0.4, -0.2) is 44.4 Å². The van der Waals surface area contributed by atoms with Gasteiger partial charge < -0.3 is 10.6 Å². The molecule has 0 saturated carbocycles. The third-order valence-corrected chi connectivity index (χ3v) is 5.99. The Labute approximate surface area is 148 Å². The minimum absolute atomic E-state index is 0.0298. The van der Waals surface area contributed by atoms with E-state index in [0.717, 1.165) is 12.1 Å². The van der Waals surface area contributed by atoms with E-state index < -0.39 is 21.9 Å². The number of sulfonamides is 1. The number of hydrogen-bond donors (Lipinski definition) is 2. The SMILES string of the molecule is CC(C)(C)C(N)C(=O)N1CCC(NS(=O)(=O)c2ccc(F)cc2)CC1. The summed E-state index contributed by atoms with van der Waals surface area (Å²) in [5, 5.41) is 0. The number of halogens is 1. The van der Waals surface area contributed by atoms with Crippen LogP contribution in [0.3, 0.4) is 0 Å². The third-order valence-electron chi connectivity index (χ3n) is 4.45. The van der Waals surface area contributed by atoms with Crippen LogP contribution in [0.1, 0.15) is 33.6 Å². The number of nitrogens with one attached hydrogen (secondary N) is 1. The van der Waals surface area contributed by atoms with Crippen molar-refractivity contribution < 1.29 is 17.6 Å². The number of amides is 1. The number of nitrogens with zero attached hydrogens (tertiary/aromatic N) is 1. The Balaban J connectivity index is 1.94. The molecule has 3 N–H and O–H groups in total. The van der Waals surface area contributed by atoms with Crippen LogP contribution in [0.2, 0.25) is 0 Å². The molecule has 2 rings (SSSR count). The van der Waals surface area contributed by atoms with E-state index in [9.17, 15) is 17.6 Å². The molecule has 1 aliphatic rings. The number of nitrogens with two attached hydrogens (primary N) is 1. The van der Waals surface area contributed by atoms with E-state index >= 15 is 0 Å². The molecular weight excluding hydrogens is 345 g/mol. The molecule has 1 amide bonds. The summed E-state index contributed by atoms with van der Waals surface area (Å²) in [6.07, 6.45) is 1.03. The summed E-state index contributed by atoms with van der Waals surface area (Å²) in [6, 6.07) is 3.86. The van der Waals surface area contributed by atoms with Crippen molar-refractivity contribution in [1.29, 1.82) is 0 Å². The van der Waals surface area contributed by atoms with Crippen LogP contribution in [-0.2, 0) is 14.8 Å². The summed E-state index contributed by atoms with van der Waals surface area (Å²) in [4.78, 5) is 14.1. The van der Waals surface area contributed by atoms with Crippen LogP contribution in [0.4, 0.5) is 4.39 Å². The number of rotatable bonds is 4. The number of piperidine rings is 1. The molecule has 0 bridgehead atoms. The van der Waals surface area contributed by atoms with E-state index in [2.05, 4.69) is 4.72 Å². The highest BCUT2D eigenvalue weighted by atomic mass is 32.2. The molecule has 0 aromatic heterocycles. The largest absolute Gasteiger partial charge is 0.341 e. The minimum Gasteiger partial charge on any atom is -0.341 e. The highest BCUT2D eigenvalue weighted by Gasteiger charge is 2.33. The first-order valence-corrected chi connectivity index (χ1v) is 9.81. The van der Waals surface area contributed by atoms with Crippen LogP contribution in [0.15, 0.2) is 29.2 Å². The topological polar surface area (TPSA) is 92.5 Å². The Morgan fingerprint density at radius 3 is 2.24 bits per heavy atom. The van der Waals surface area contributed by atoms with E-state index in [-0.39, 0.29) is 22.3 Å². The maximum absolute atomic E-state index is 12.9. The van der Waals surface area contributed by atoms with Crippen LogP contribution < -0.4 is 10.5 Å². The Morgan fingerprint density at radius 1 is 1.24 bits per heavy atom. The molecule has 6 nitrogen and oxygen atoms in total. The second kappa shape index (κ2) is 7.39. The quantitative estimate of drug-likeness (QED) is 0.838. The average Bonchev–Trinajstić information content (AvgIpc) is 2.53. The van der Waals surface area contributed by atoms with Crippen molar-refractivity contribution in [2.45, 2.75) is 50.6 Å². The first-order valence-electron chi connectivity index (χ1n) is 8.33. The number of hydrogen-bond acceptors (Lipinski definition) is 4. The first-order chi connectivity index (χ1) is 11.5. The zero-order chi connectivity index (χ0) is 18.8. The van der Waals surface area contributed by atoms with Crippen LogP contribution in [0.5, 0.6) is 0 Å². The molecular formula is C17H26FN3O3S. The molecule has 1 fully saturated rings. The predicted molar refractivity (Wildman–Crippen MR) is 93.8 cm³/mol. The van der Waals surface area contributed by atoms with Gasteiger partial charge >= 0.3 is 0 Å². The summed E-state index contributed by atoms with van der Waals surface area (Å²) in [5.41, 5.74) is 5.70. The van der Waals surface area contributed by atoms with Gasteiger partial charge in [0, 0.05) is 19.1 Å². The van der Waals surface area contributed by atoms with Crippen molar-refractivity contribution in [3.8, 4) is 0 Å². The van der Waals surface area contributed by atoms with Gasteiger partial charge in [0.05, 0.1) is 10.9 Å². The number of carbonyl (C=O) groups is 1. The van der Waals surface area contributed by atoms with Gasteiger partial charge in [0.2, 0.25) is 15.9 Å². The van der Waals surface area contributed by atoms with Crippen molar-refractivity contribution in [1.82, 2.24) is 9.62 Å². The van der Waals surface area contributed by atoms with Gasteiger partial charge in [-0.3, -0.25) is 4.79 Å². The van der Waals surface area contributed by atoms with Crippen molar-refractivity contribution in [2.24, 2.45) is 11.1 Å². The highest BCUT2D eigenvalue weighted by molar-refractivity contribution is 7.89.